The molecule has 2 unspecified atom stereocenters. The fourth-order valence-electron chi connectivity index (χ4n) is 2.58. The monoisotopic (exact) mass is 337 g/mol. The number of allylic oxidation sites excluding steroid dienone is 4. The highest BCUT2D eigenvalue weighted by molar-refractivity contribution is 7.41. The molecule has 23 heavy (non-hydrogen) atoms. The maximum absolute atomic E-state index is 9.50. The lowest BCUT2D eigenvalue weighted by Crippen LogP contribution is -2.05. The van der Waals surface area contributed by atoms with E-state index in [0.29, 0.717) is 5.92 Å². The zero-order valence-corrected chi connectivity index (χ0v) is 16.7. The third-order valence-corrected chi connectivity index (χ3v) is 5.50. The molecule has 0 radical (unpaired) electrons. The molecule has 0 aliphatic rings. The van der Waals surface area contributed by atoms with Gasteiger partial charge in [0.1, 0.15) is 0 Å². The predicted octanol–water partition coefficient (Wildman–Crippen LogP) is 5.38. The molecule has 0 aromatic carbocycles. The molecule has 0 fully saturated rings. The van der Waals surface area contributed by atoms with Crippen molar-refractivity contribution >= 4 is 8.58 Å². The molecule has 2 atom stereocenters. The molecule has 0 aromatic heterocycles. The second-order valence-corrected chi connectivity index (χ2v) is 7.15. The van der Waals surface area contributed by atoms with Crippen molar-refractivity contribution < 1.29 is 5.11 Å². The topological polar surface area (TPSA) is 32.3 Å². The standard InChI is InChI=1S/C20H36NOP/c1-7-10-19(17(5)16(4)8-2)11-12-23-15-18(14-22)13-20(9-3)21-6/h8,13,15,19,21-23H,2,7,9-12,14H2,1,3-6H3/b17-16-,18-15-,20-13-. The summed E-state index contributed by atoms with van der Waals surface area (Å²) in [6.07, 6.45) is 9.87. The fourth-order valence-corrected chi connectivity index (χ4v) is 3.67. The van der Waals surface area contributed by atoms with Crippen LogP contribution in [0.3, 0.4) is 0 Å². The van der Waals surface area contributed by atoms with Crippen LogP contribution in [0.15, 0.2) is 47.0 Å². The van der Waals surface area contributed by atoms with Crippen molar-refractivity contribution in [2.24, 2.45) is 5.92 Å². The summed E-state index contributed by atoms with van der Waals surface area (Å²) in [6, 6.07) is 0. The minimum absolute atomic E-state index is 0.116. The van der Waals surface area contributed by atoms with Gasteiger partial charge in [0, 0.05) is 12.7 Å². The van der Waals surface area contributed by atoms with E-state index in [9.17, 15) is 5.11 Å². The molecule has 0 aromatic rings. The molecule has 0 saturated heterocycles. The van der Waals surface area contributed by atoms with Crippen LogP contribution in [0.2, 0.25) is 0 Å². The first-order valence-corrected chi connectivity index (χ1v) is 10.0. The first-order valence-electron chi connectivity index (χ1n) is 8.75. The molecular weight excluding hydrogens is 301 g/mol. The van der Waals surface area contributed by atoms with E-state index in [-0.39, 0.29) is 6.61 Å². The number of hydrogen-bond donors (Lipinski definition) is 2. The lowest BCUT2D eigenvalue weighted by atomic mass is 9.90. The molecular formula is C20H36NOP. The Morgan fingerprint density at radius 2 is 1.96 bits per heavy atom. The molecule has 0 saturated carbocycles. The van der Waals surface area contributed by atoms with E-state index in [2.05, 4.69) is 51.5 Å². The van der Waals surface area contributed by atoms with Crippen molar-refractivity contribution in [3.63, 3.8) is 0 Å². The average Bonchev–Trinajstić information content (AvgIpc) is 2.58. The van der Waals surface area contributed by atoms with Crippen LogP contribution >= 0.6 is 8.58 Å². The van der Waals surface area contributed by atoms with Gasteiger partial charge in [0.2, 0.25) is 0 Å². The molecule has 0 heterocycles. The van der Waals surface area contributed by atoms with E-state index in [1.54, 1.807) is 0 Å². The molecule has 0 rings (SSSR count). The van der Waals surface area contributed by atoms with Crippen LogP contribution < -0.4 is 5.32 Å². The van der Waals surface area contributed by atoms with Crippen LogP contribution in [-0.2, 0) is 0 Å². The highest BCUT2D eigenvalue weighted by Gasteiger charge is 2.11. The maximum atomic E-state index is 9.50. The number of aliphatic hydroxyl groups is 1. The third kappa shape index (κ3) is 9.13. The first kappa shape index (κ1) is 22.1. The lowest BCUT2D eigenvalue weighted by molar-refractivity contribution is 0.335. The van der Waals surface area contributed by atoms with Crippen LogP contribution in [0.1, 0.15) is 53.4 Å². The molecule has 2 nitrogen and oxygen atoms in total. The summed E-state index contributed by atoms with van der Waals surface area (Å²) in [5.74, 6) is 2.87. The van der Waals surface area contributed by atoms with Gasteiger partial charge in [-0.05, 0) is 56.8 Å². The normalized spacial score (nSPS) is 15.7. The van der Waals surface area contributed by atoms with Gasteiger partial charge in [-0.1, -0.05) is 58.5 Å². The van der Waals surface area contributed by atoms with E-state index in [4.69, 9.17) is 0 Å². The quantitative estimate of drug-likeness (QED) is 0.284. The van der Waals surface area contributed by atoms with Crippen molar-refractivity contribution in [3.8, 4) is 0 Å². The summed E-state index contributed by atoms with van der Waals surface area (Å²) in [6.45, 7) is 12.8. The third-order valence-electron chi connectivity index (χ3n) is 4.35. The molecule has 0 spiro atoms. The largest absolute Gasteiger partial charge is 0.392 e. The van der Waals surface area contributed by atoms with Gasteiger partial charge in [0.05, 0.1) is 6.61 Å². The summed E-state index contributed by atoms with van der Waals surface area (Å²) < 4.78 is 0. The Bertz CT molecular complexity index is 429. The molecule has 0 aliphatic carbocycles. The number of hydrogen-bond acceptors (Lipinski definition) is 2. The van der Waals surface area contributed by atoms with Gasteiger partial charge >= 0.3 is 0 Å². The minimum Gasteiger partial charge on any atom is -0.392 e. The van der Waals surface area contributed by atoms with Crippen LogP contribution in [0, 0.1) is 5.92 Å². The summed E-state index contributed by atoms with van der Waals surface area (Å²) in [4.78, 5) is 0. The summed E-state index contributed by atoms with van der Waals surface area (Å²) >= 11 is 0. The summed E-state index contributed by atoms with van der Waals surface area (Å²) in [5, 5.41) is 12.7. The van der Waals surface area contributed by atoms with Gasteiger partial charge < -0.3 is 10.4 Å². The Labute approximate surface area is 145 Å². The van der Waals surface area contributed by atoms with Crippen molar-refractivity contribution in [3.05, 3.63) is 47.0 Å². The van der Waals surface area contributed by atoms with Crippen LogP contribution in [0.5, 0.6) is 0 Å². The van der Waals surface area contributed by atoms with Crippen molar-refractivity contribution in [1.29, 1.82) is 0 Å². The summed E-state index contributed by atoms with van der Waals surface area (Å²) in [7, 11) is 2.69. The predicted molar refractivity (Wildman–Crippen MR) is 107 cm³/mol. The number of aliphatic hydroxyl groups excluding tert-OH is 1. The van der Waals surface area contributed by atoms with E-state index in [0.717, 1.165) is 20.6 Å². The molecule has 132 valence electrons. The summed E-state index contributed by atoms with van der Waals surface area (Å²) in [5.41, 5.74) is 5.00. The molecule has 0 aliphatic heterocycles. The van der Waals surface area contributed by atoms with Crippen molar-refractivity contribution in [1.82, 2.24) is 5.32 Å². The zero-order valence-electron chi connectivity index (χ0n) is 15.7. The maximum Gasteiger partial charge on any atom is 0.0682 e. The first-order chi connectivity index (χ1) is 11.0. The minimum atomic E-state index is 0.116. The Hall–Kier alpha value is -0.850. The molecule has 0 amide bonds. The highest BCUT2D eigenvalue weighted by atomic mass is 31.1. The molecule has 2 N–H and O–H groups in total. The van der Waals surface area contributed by atoms with E-state index in [1.807, 2.05) is 13.1 Å². The number of nitrogens with one attached hydrogen (secondary N) is 1. The van der Waals surface area contributed by atoms with Crippen LogP contribution in [0.4, 0.5) is 0 Å². The molecule has 0 bridgehead atoms. The Kier molecular flexibility index (Phi) is 13.1. The van der Waals surface area contributed by atoms with Crippen LogP contribution in [0.25, 0.3) is 0 Å². The van der Waals surface area contributed by atoms with Gasteiger partial charge in [-0.15, -0.1) is 0 Å². The fraction of sp³-hybridized carbons (Fsp3) is 0.600. The Morgan fingerprint density at radius 3 is 2.43 bits per heavy atom. The zero-order chi connectivity index (χ0) is 17.7. The lowest BCUT2D eigenvalue weighted by Gasteiger charge is -2.18. The SMILES string of the molecule is C=C/C(C)=C(/C)C(CCC)CCP/C=C(/C=C(/CC)NC)CO. The van der Waals surface area contributed by atoms with Crippen molar-refractivity contribution in [2.45, 2.75) is 53.4 Å². The van der Waals surface area contributed by atoms with Gasteiger partial charge in [-0.25, -0.2) is 0 Å². The van der Waals surface area contributed by atoms with E-state index in [1.165, 1.54) is 42.3 Å². The van der Waals surface area contributed by atoms with Crippen LogP contribution in [-0.4, -0.2) is 24.9 Å². The number of rotatable bonds is 12. The second-order valence-electron chi connectivity index (χ2n) is 5.95. The van der Waals surface area contributed by atoms with Gasteiger partial charge in [-0.3, -0.25) is 0 Å². The average molecular weight is 337 g/mol. The van der Waals surface area contributed by atoms with Crippen molar-refractivity contribution in [2.75, 3.05) is 19.8 Å². The van der Waals surface area contributed by atoms with Gasteiger partial charge in [0.15, 0.2) is 0 Å². The van der Waals surface area contributed by atoms with E-state index >= 15 is 0 Å². The Morgan fingerprint density at radius 1 is 1.26 bits per heavy atom. The van der Waals surface area contributed by atoms with Gasteiger partial charge in [0.25, 0.3) is 0 Å². The Balaban J connectivity index is 4.67. The molecule has 3 heteroatoms. The van der Waals surface area contributed by atoms with Gasteiger partial charge in [-0.2, -0.15) is 0 Å². The highest BCUT2D eigenvalue weighted by Crippen LogP contribution is 2.28. The second kappa shape index (κ2) is 13.6. The smallest absolute Gasteiger partial charge is 0.0682 e. The van der Waals surface area contributed by atoms with E-state index < -0.39 is 0 Å².